The summed E-state index contributed by atoms with van der Waals surface area (Å²) in [5, 5.41) is 0.810. The lowest BCUT2D eigenvalue weighted by Gasteiger charge is -2.09. The van der Waals surface area contributed by atoms with Crippen molar-refractivity contribution in [1.29, 1.82) is 0 Å². The van der Waals surface area contributed by atoms with Gasteiger partial charge in [-0.25, -0.2) is 4.98 Å². The molecule has 1 aromatic rings. The number of aromatic nitrogens is 1. The van der Waals surface area contributed by atoms with E-state index in [4.69, 9.17) is 14.2 Å². The maximum absolute atomic E-state index is 11.8. The fourth-order valence-electron chi connectivity index (χ4n) is 3.08. The second-order valence-electron chi connectivity index (χ2n) is 5.27. The number of fused-ring (bicyclic) bond motifs is 1. The van der Waals surface area contributed by atoms with Crippen molar-refractivity contribution in [2.45, 2.75) is 31.5 Å². The standard InChI is InChI=1S/C13H17NO4S/c1-7-8(14-9(19-7)10(16-2)17-3)12-5-13(12,6-12)11(15)18-4/h10H,5-6H2,1-4H3. The van der Waals surface area contributed by atoms with Crippen LogP contribution in [0.4, 0.5) is 0 Å². The molecule has 0 radical (unpaired) electrons. The van der Waals surface area contributed by atoms with Crippen molar-refractivity contribution in [2.75, 3.05) is 21.3 Å². The zero-order chi connectivity index (χ0) is 13.8. The van der Waals surface area contributed by atoms with Crippen molar-refractivity contribution in [2.24, 2.45) is 5.41 Å². The van der Waals surface area contributed by atoms with Crippen LogP contribution in [-0.2, 0) is 24.4 Å². The minimum atomic E-state index is -0.432. The van der Waals surface area contributed by atoms with Crippen molar-refractivity contribution >= 4 is 17.3 Å². The molecular formula is C13H17NO4S. The number of ether oxygens (including phenoxy) is 3. The molecule has 1 aromatic heterocycles. The quantitative estimate of drug-likeness (QED) is 0.610. The van der Waals surface area contributed by atoms with Crippen molar-refractivity contribution < 1.29 is 19.0 Å². The Morgan fingerprint density at radius 2 is 1.95 bits per heavy atom. The van der Waals surface area contributed by atoms with E-state index in [1.807, 2.05) is 6.92 Å². The van der Waals surface area contributed by atoms with Crippen LogP contribution in [0.2, 0.25) is 0 Å². The predicted octanol–water partition coefficient (Wildman–Crippen LogP) is 1.95. The van der Waals surface area contributed by atoms with E-state index >= 15 is 0 Å². The van der Waals surface area contributed by atoms with Gasteiger partial charge in [-0.1, -0.05) is 0 Å². The van der Waals surface area contributed by atoms with Crippen LogP contribution in [0.3, 0.4) is 0 Å². The fourth-order valence-corrected chi connectivity index (χ4v) is 4.16. The number of hydrogen-bond donors (Lipinski definition) is 0. The van der Waals surface area contributed by atoms with E-state index in [9.17, 15) is 4.79 Å². The molecule has 19 heavy (non-hydrogen) atoms. The zero-order valence-corrected chi connectivity index (χ0v) is 12.3. The maximum Gasteiger partial charge on any atom is 0.312 e. The molecule has 0 spiro atoms. The molecule has 0 aliphatic heterocycles. The maximum atomic E-state index is 11.8. The Hall–Kier alpha value is -0.980. The van der Waals surface area contributed by atoms with E-state index in [0.29, 0.717) is 0 Å². The average Bonchev–Trinajstić information content (AvgIpc) is 3.17. The molecule has 0 saturated heterocycles. The molecule has 2 fully saturated rings. The molecule has 2 saturated carbocycles. The Balaban J connectivity index is 1.87. The minimum absolute atomic E-state index is 0.0645. The lowest BCUT2D eigenvalue weighted by Crippen LogP contribution is -2.08. The molecule has 6 heteroatoms. The highest BCUT2D eigenvalue weighted by Gasteiger charge is 2.89. The Labute approximate surface area is 115 Å². The molecule has 2 aliphatic rings. The van der Waals surface area contributed by atoms with Gasteiger partial charge in [0.2, 0.25) is 6.29 Å². The molecule has 104 valence electrons. The molecule has 0 unspecified atom stereocenters. The van der Waals surface area contributed by atoms with Gasteiger partial charge in [0, 0.05) is 24.5 Å². The van der Waals surface area contributed by atoms with E-state index in [-0.39, 0.29) is 16.8 Å². The van der Waals surface area contributed by atoms with E-state index in [1.54, 1.807) is 25.6 Å². The summed E-state index contributed by atoms with van der Waals surface area (Å²) < 4.78 is 15.3. The van der Waals surface area contributed by atoms with E-state index < -0.39 is 6.29 Å². The van der Waals surface area contributed by atoms with Crippen LogP contribution in [0, 0.1) is 12.3 Å². The van der Waals surface area contributed by atoms with Gasteiger partial charge in [-0.2, -0.15) is 0 Å². The first-order valence-corrected chi connectivity index (χ1v) is 6.98. The summed E-state index contributed by atoms with van der Waals surface area (Å²) in [5.41, 5.74) is 0.676. The third-order valence-electron chi connectivity index (χ3n) is 4.35. The van der Waals surface area contributed by atoms with E-state index in [2.05, 4.69) is 4.98 Å². The minimum Gasteiger partial charge on any atom is -0.469 e. The van der Waals surface area contributed by atoms with Gasteiger partial charge in [0.05, 0.1) is 18.2 Å². The van der Waals surface area contributed by atoms with Crippen LogP contribution in [0.5, 0.6) is 0 Å². The summed E-state index contributed by atoms with van der Waals surface area (Å²) in [6.45, 7) is 2.03. The van der Waals surface area contributed by atoms with Gasteiger partial charge in [-0.3, -0.25) is 4.79 Å². The summed E-state index contributed by atoms with van der Waals surface area (Å²) in [6.07, 6.45) is 1.29. The van der Waals surface area contributed by atoms with Crippen molar-refractivity contribution in [3.8, 4) is 0 Å². The van der Waals surface area contributed by atoms with Gasteiger partial charge in [-0.05, 0) is 19.8 Å². The van der Waals surface area contributed by atoms with Crippen LogP contribution >= 0.6 is 11.3 Å². The number of esters is 1. The summed E-state index contributed by atoms with van der Waals surface area (Å²) in [5.74, 6) is -0.100. The van der Waals surface area contributed by atoms with Gasteiger partial charge < -0.3 is 14.2 Å². The number of hydrogen-bond acceptors (Lipinski definition) is 6. The van der Waals surface area contributed by atoms with Gasteiger partial charge in [-0.15, -0.1) is 11.3 Å². The van der Waals surface area contributed by atoms with Gasteiger partial charge in [0.15, 0.2) is 0 Å². The van der Waals surface area contributed by atoms with Crippen LogP contribution in [0.15, 0.2) is 0 Å². The highest BCUT2D eigenvalue weighted by atomic mass is 32.1. The first kappa shape index (κ1) is 13.0. The van der Waals surface area contributed by atoms with Crippen molar-refractivity contribution in [3.05, 3.63) is 15.6 Å². The number of nitrogens with zero attached hydrogens (tertiary/aromatic N) is 1. The van der Waals surface area contributed by atoms with E-state index in [1.165, 1.54) is 7.11 Å². The zero-order valence-electron chi connectivity index (χ0n) is 11.5. The highest BCUT2D eigenvalue weighted by molar-refractivity contribution is 7.11. The number of carbonyl (C=O) groups excluding carboxylic acids is 1. The fraction of sp³-hybridized carbons (Fsp3) is 0.692. The third-order valence-corrected chi connectivity index (χ3v) is 5.34. The van der Waals surface area contributed by atoms with Crippen molar-refractivity contribution in [1.82, 2.24) is 4.98 Å². The first-order valence-electron chi connectivity index (χ1n) is 6.16. The smallest absolute Gasteiger partial charge is 0.312 e. The molecule has 0 amide bonds. The van der Waals surface area contributed by atoms with Gasteiger partial charge in [0.1, 0.15) is 5.01 Å². The van der Waals surface area contributed by atoms with Crippen LogP contribution < -0.4 is 0 Å². The number of carbonyl (C=O) groups is 1. The second kappa shape index (κ2) is 4.01. The predicted molar refractivity (Wildman–Crippen MR) is 69.0 cm³/mol. The Kier molecular flexibility index (Phi) is 2.75. The third kappa shape index (κ3) is 1.53. The Bertz CT molecular complexity index is 529. The number of thiazole rings is 1. The number of aryl methyl sites for hydroxylation is 1. The second-order valence-corrected chi connectivity index (χ2v) is 6.50. The summed E-state index contributed by atoms with van der Waals surface area (Å²) in [4.78, 5) is 17.6. The molecule has 2 aliphatic carbocycles. The topological polar surface area (TPSA) is 57.7 Å². The molecule has 3 rings (SSSR count). The Morgan fingerprint density at radius 3 is 2.47 bits per heavy atom. The first-order chi connectivity index (χ1) is 9.04. The largest absolute Gasteiger partial charge is 0.469 e. The molecule has 0 atom stereocenters. The molecule has 5 nitrogen and oxygen atoms in total. The average molecular weight is 283 g/mol. The summed E-state index contributed by atoms with van der Waals surface area (Å²) >= 11 is 1.57. The summed E-state index contributed by atoms with van der Waals surface area (Å²) in [6, 6.07) is 0. The Morgan fingerprint density at radius 1 is 1.32 bits per heavy atom. The normalized spacial score (nSPS) is 31.2. The lowest BCUT2D eigenvalue weighted by atomic mass is 10.1. The van der Waals surface area contributed by atoms with Crippen molar-refractivity contribution in [3.63, 3.8) is 0 Å². The van der Waals surface area contributed by atoms with Gasteiger partial charge in [0.25, 0.3) is 0 Å². The van der Waals surface area contributed by atoms with Crippen LogP contribution in [0.1, 0.15) is 34.7 Å². The SMILES string of the molecule is COC(=O)C12CC1(c1nc(C(OC)OC)sc1C)C2. The molecular weight excluding hydrogens is 266 g/mol. The molecule has 0 N–H and O–H groups in total. The number of methoxy groups -OCH3 is 3. The van der Waals surface area contributed by atoms with E-state index in [0.717, 1.165) is 28.4 Å². The number of rotatable bonds is 5. The molecule has 1 heterocycles. The lowest BCUT2D eigenvalue weighted by molar-refractivity contribution is -0.144. The summed E-state index contributed by atoms with van der Waals surface area (Å²) in [7, 11) is 4.63. The molecule has 0 bridgehead atoms. The monoisotopic (exact) mass is 283 g/mol. The van der Waals surface area contributed by atoms with Gasteiger partial charge >= 0.3 is 5.97 Å². The molecule has 0 aromatic carbocycles. The highest BCUT2D eigenvalue weighted by Crippen LogP contribution is 2.86. The van der Waals surface area contributed by atoms with Crippen LogP contribution in [-0.4, -0.2) is 32.3 Å². The van der Waals surface area contributed by atoms with Crippen LogP contribution in [0.25, 0.3) is 0 Å².